The van der Waals surface area contributed by atoms with Crippen molar-refractivity contribution in [1.29, 1.82) is 0 Å². The summed E-state index contributed by atoms with van der Waals surface area (Å²) in [6, 6.07) is 2.61. The van der Waals surface area contributed by atoms with Gasteiger partial charge >= 0.3 is 6.09 Å². The number of anilines is 1. The normalized spacial score (nSPS) is 20.2. The Bertz CT molecular complexity index is 807. The van der Waals surface area contributed by atoms with Gasteiger partial charge in [0.2, 0.25) is 5.91 Å². The Morgan fingerprint density at radius 3 is 2.62 bits per heavy atom. The van der Waals surface area contributed by atoms with Gasteiger partial charge in [0.25, 0.3) is 5.91 Å². The van der Waals surface area contributed by atoms with E-state index in [2.05, 4.69) is 20.9 Å². The quantitative estimate of drug-likeness (QED) is 0.565. The van der Waals surface area contributed by atoms with Crippen molar-refractivity contribution in [3.8, 4) is 0 Å². The number of carbonyl (C=O) groups is 3. The second-order valence-corrected chi connectivity index (χ2v) is 8.42. The van der Waals surface area contributed by atoms with Gasteiger partial charge in [-0.05, 0) is 45.2 Å². The van der Waals surface area contributed by atoms with Crippen LogP contribution in [0.3, 0.4) is 0 Å². The Kier molecular flexibility index (Phi) is 8.44. The lowest BCUT2D eigenvalue weighted by molar-refractivity contribution is -0.131. The van der Waals surface area contributed by atoms with E-state index in [9.17, 15) is 14.4 Å². The number of nitrogens with one attached hydrogen (secondary N) is 3. The molecule has 1 fully saturated rings. The van der Waals surface area contributed by atoms with Crippen LogP contribution in [0, 0.1) is 5.92 Å². The largest absolute Gasteiger partial charge is 0.425 e. The number of hydrogen-bond acceptors (Lipinski definition) is 6. The van der Waals surface area contributed by atoms with E-state index in [1.807, 2.05) is 13.0 Å². The molecule has 9 nitrogen and oxygen atoms in total. The molecular weight excluding hydrogens is 410 g/mol. The van der Waals surface area contributed by atoms with Gasteiger partial charge in [0.15, 0.2) is 6.23 Å². The maximum absolute atomic E-state index is 13.9. The van der Waals surface area contributed by atoms with E-state index in [1.165, 1.54) is 4.90 Å². The number of carbonyl (C=O) groups excluding carboxylic acids is 3. The Morgan fingerprint density at radius 1 is 1.22 bits per heavy atom. The summed E-state index contributed by atoms with van der Waals surface area (Å²) in [7, 11) is 1.74. The highest BCUT2D eigenvalue weighted by molar-refractivity contribution is 6.01. The zero-order valence-corrected chi connectivity index (χ0v) is 19.2. The van der Waals surface area contributed by atoms with Gasteiger partial charge in [0, 0.05) is 24.7 Å². The molecule has 0 bridgehead atoms. The van der Waals surface area contributed by atoms with Crippen molar-refractivity contribution in [2.24, 2.45) is 5.92 Å². The first kappa shape index (κ1) is 24.0. The Morgan fingerprint density at radius 2 is 1.97 bits per heavy atom. The highest BCUT2D eigenvalue weighted by Gasteiger charge is 2.43. The molecule has 0 unspecified atom stereocenters. The Hall–Kier alpha value is -2.68. The summed E-state index contributed by atoms with van der Waals surface area (Å²) in [4.78, 5) is 44.9. The lowest BCUT2D eigenvalue weighted by Gasteiger charge is -2.35. The van der Waals surface area contributed by atoms with Crippen LogP contribution in [0.4, 0.5) is 10.6 Å². The Balaban J connectivity index is 1.90. The number of ether oxygens (including phenoxy) is 1. The van der Waals surface area contributed by atoms with Gasteiger partial charge in [-0.3, -0.25) is 14.5 Å². The molecule has 32 heavy (non-hydrogen) atoms. The van der Waals surface area contributed by atoms with Gasteiger partial charge in [-0.2, -0.15) is 0 Å². The number of likely N-dealkylation sites (N-methyl/N-ethyl adjacent to an activating group) is 1. The van der Waals surface area contributed by atoms with Crippen molar-refractivity contribution in [1.82, 2.24) is 20.9 Å². The number of hydrogen-bond donors (Lipinski definition) is 3. The molecule has 3 amide bonds. The SMILES string of the molecule is CCNC(=O)O[C@@H]1Cc2cccnc2N1C(=O)[C@@H](NC(=O)[C@H](CC)NC)C1CCCCC1. The third-order valence-electron chi connectivity index (χ3n) is 6.34. The molecule has 1 aromatic rings. The molecule has 2 heterocycles. The molecular formula is C23H35N5O4. The van der Waals surface area contributed by atoms with Gasteiger partial charge in [-0.1, -0.05) is 32.3 Å². The van der Waals surface area contributed by atoms with E-state index in [0.717, 1.165) is 37.7 Å². The predicted molar refractivity (Wildman–Crippen MR) is 121 cm³/mol. The van der Waals surface area contributed by atoms with Crippen LogP contribution in [-0.4, -0.2) is 54.8 Å². The smallest absolute Gasteiger partial charge is 0.409 e. The monoisotopic (exact) mass is 445 g/mol. The average molecular weight is 446 g/mol. The molecule has 0 radical (unpaired) electrons. The van der Waals surface area contributed by atoms with Crippen LogP contribution in [0.5, 0.6) is 0 Å². The molecule has 0 aromatic carbocycles. The van der Waals surface area contributed by atoms with E-state index in [0.29, 0.717) is 25.2 Å². The fourth-order valence-corrected chi connectivity index (χ4v) is 4.65. The average Bonchev–Trinajstić information content (AvgIpc) is 3.16. The minimum absolute atomic E-state index is 0.0347. The van der Waals surface area contributed by atoms with Gasteiger partial charge in [0.1, 0.15) is 11.9 Å². The summed E-state index contributed by atoms with van der Waals surface area (Å²) in [5.41, 5.74) is 0.838. The predicted octanol–water partition coefficient (Wildman–Crippen LogP) is 2.11. The number of aromatic nitrogens is 1. The third-order valence-corrected chi connectivity index (χ3v) is 6.34. The topological polar surface area (TPSA) is 113 Å². The van der Waals surface area contributed by atoms with E-state index >= 15 is 0 Å². The summed E-state index contributed by atoms with van der Waals surface area (Å²) < 4.78 is 5.59. The molecule has 0 saturated heterocycles. The second-order valence-electron chi connectivity index (χ2n) is 8.42. The van der Waals surface area contributed by atoms with Crippen molar-refractivity contribution in [3.63, 3.8) is 0 Å². The number of pyridine rings is 1. The molecule has 9 heteroatoms. The van der Waals surface area contributed by atoms with Gasteiger partial charge in [-0.15, -0.1) is 0 Å². The first-order valence-electron chi connectivity index (χ1n) is 11.7. The molecule has 2 aliphatic rings. The van der Waals surface area contributed by atoms with Crippen LogP contribution in [0.25, 0.3) is 0 Å². The first-order valence-corrected chi connectivity index (χ1v) is 11.7. The summed E-state index contributed by atoms with van der Waals surface area (Å²) in [5, 5.41) is 8.64. The van der Waals surface area contributed by atoms with Crippen LogP contribution in [0.2, 0.25) is 0 Å². The third kappa shape index (κ3) is 5.38. The fourth-order valence-electron chi connectivity index (χ4n) is 4.65. The molecule has 176 valence electrons. The van der Waals surface area contributed by atoms with Crippen molar-refractivity contribution < 1.29 is 19.1 Å². The van der Waals surface area contributed by atoms with Crippen molar-refractivity contribution >= 4 is 23.7 Å². The number of rotatable bonds is 8. The molecule has 1 saturated carbocycles. The fraction of sp³-hybridized carbons (Fsp3) is 0.652. The zero-order chi connectivity index (χ0) is 23.1. The van der Waals surface area contributed by atoms with Crippen molar-refractivity contribution in [3.05, 3.63) is 23.9 Å². The maximum Gasteiger partial charge on any atom is 0.409 e. The van der Waals surface area contributed by atoms with Gasteiger partial charge < -0.3 is 20.7 Å². The van der Waals surface area contributed by atoms with Gasteiger partial charge in [0.05, 0.1) is 6.04 Å². The molecule has 1 aromatic heterocycles. The summed E-state index contributed by atoms with van der Waals surface area (Å²) >= 11 is 0. The lowest BCUT2D eigenvalue weighted by Crippen LogP contribution is -2.58. The minimum Gasteiger partial charge on any atom is -0.425 e. The van der Waals surface area contributed by atoms with E-state index < -0.39 is 18.4 Å². The number of nitrogens with zero attached hydrogens (tertiary/aromatic N) is 2. The number of alkyl carbamates (subject to hydrolysis) is 1. The van der Waals surface area contributed by atoms with E-state index in [-0.39, 0.29) is 23.8 Å². The van der Waals surface area contributed by atoms with Crippen LogP contribution in [0.1, 0.15) is 57.9 Å². The number of fused-ring (bicyclic) bond motifs is 1. The van der Waals surface area contributed by atoms with Gasteiger partial charge in [-0.25, -0.2) is 9.78 Å². The van der Waals surface area contributed by atoms with Crippen LogP contribution in [-0.2, 0) is 20.7 Å². The van der Waals surface area contributed by atoms with Crippen LogP contribution in [0.15, 0.2) is 18.3 Å². The highest BCUT2D eigenvalue weighted by atomic mass is 16.6. The van der Waals surface area contributed by atoms with Crippen molar-refractivity contribution in [2.45, 2.75) is 77.1 Å². The van der Waals surface area contributed by atoms with Crippen LogP contribution < -0.4 is 20.9 Å². The van der Waals surface area contributed by atoms with Crippen LogP contribution >= 0.6 is 0 Å². The summed E-state index contributed by atoms with van der Waals surface area (Å²) in [5.74, 6) is 0.0541. The molecule has 3 rings (SSSR count). The molecule has 3 N–H and O–H groups in total. The molecule has 1 aliphatic carbocycles. The lowest BCUT2D eigenvalue weighted by atomic mass is 9.83. The maximum atomic E-state index is 13.9. The highest BCUT2D eigenvalue weighted by Crippen LogP contribution is 2.34. The summed E-state index contributed by atoms with van der Waals surface area (Å²) in [6.07, 6.45) is 6.16. The minimum atomic E-state index is -0.798. The summed E-state index contributed by atoms with van der Waals surface area (Å²) in [6.45, 7) is 4.15. The van der Waals surface area contributed by atoms with Crippen molar-refractivity contribution in [2.75, 3.05) is 18.5 Å². The first-order chi connectivity index (χ1) is 15.5. The second kappa shape index (κ2) is 11.3. The Labute approximate surface area is 189 Å². The zero-order valence-electron chi connectivity index (χ0n) is 19.2. The molecule has 0 spiro atoms. The number of amides is 3. The van der Waals surface area contributed by atoms with E-state index in [1.54, 1.807) is 26.2 Å². The molecule has 3 atom stereocenters. The molecule has 1 aliphatic heterocycles. The standard InChI is InChI=1S/C23H35N5O4/c1-4-17(24-3)21(29)27-19(15-10-7-6-8-11-15)22(30)28-18(32-23(31)25-5-2)14-16-12-9-13-26-20(16)28/h9,12-13,15,17-19,24H,4-8,10-11,14H2,1-3H3,(H,25,31)(H,27,29)/t17-,18+,19-/m0/s1. The van der Waals surface area contributed by atoms with E-state index in [4.69, 9.17) is 4.74 Å².